The van der Waals surface area contributed by atoms with Crippen molar-refractivity contribution in [1.82, 2.24) is 10.6 Å². The molecule has 0 saturated carbocycles. The summed E-state index contributed by atoms with van der Waals surface area (Å²) in [4.78, 5) is 33.1. The molecule has 1 aromatic rings. The van der Waals surface area contributed by atoms with Crippen molar-refractivity contribution in [3.8, 4) is 0 Å². The van der Waals surface area contributed by atoms with Crippen molar-refractivity contribution < 1.29 is 19.5 Å². The van der Waals surface area contributed by atoms with Crippen LogP contribution in [-0.4, -0.2) is 29.1 Å². The number of amides is 3. The third-order valence-corrected chi connectivity index (χ3v) is 2.71. The Bertz CT molecular complexity index is 516. The monoisotopic (exact) mass is 279 g/mol. The zero-order chi connectivity index (χ0) is 15.1. The summed E-state index contributed by atoms with van der Waals surface area (Å²) in [6.07, 6.45) is -0.451. The second-order valence-corrected chi connectivity index (χ2v) is 4.31. The first-order valence-corrected chi connectivity index (χ1v) is 6.00. The Morgan fingerprint density at radius 1 is 1.30 bits per heavy atom. The summed E-state index contributed by atoms with van der Waals surface area (Å²) in [7, 11) is 0. The molecule has 0 radical (unpaired) electrons. The third kappa shape index (κ3) is 4.97. The molecule has 20 heavy (non-hydrogen) atoms. The summed E-state index contributed by atoms with van der Waals surface area (Å²) >= 11 is 0. The van der Waals surface area contributed by atoms with E-state index in [4.69, 9.17) is 10.8 Å². The normalized spacial score (nSPS) is 11.4. The van der Waals surface area contributed by atoms with Gasteiger partial charge in [0.05, 0.1) is 6.42 Å². The molecule has 0 aliphatic rings. The molecule has 0 saturated heterocycles. The predicted octanol–water partition coefficient (Wildman–Crippen LogP) is 0.123. The van der Waals surface area contributed by atoms with Gasteiger partial charge in [0, 0.05) is 6.54 Å². The summed E-state index contributed by atoms with van der Waals surface area (Å²) in [5, 5.41) is 13.6. The van der Waals surface area contributed by atoms with Crippen molar-refractivity contribution in [2.45, 2.75) is 25.9 Å². The molecule has 1 rings (SSSR count). The quantitative estimate of drug-likeness (QED) is 0.591. The molecule has 0 fully saturated rings. The van der Waals surface area contributed by atoms with Crippen molar-refractivity contribution in [3.05, 3.63) is 35.4 Å². The SMILES string of the molecule is Cc1ccccc1CNC(=O)N[C@@H](CC(N)=O)C(=O)O. The van der Waals surface area contributed by atoms with Crippen molar-refractivity contribution in [3.63, 3.8) is 0 Å². The van der Waals surface area contributed by atoms with Crippen LogP contribution in [-0.2, 0) is 16.1 Å². The Morgan fingerprint density at radius 3 is 2.50 bits per heavy atom. The van der Waals surface area contributed by atoms with E-state index < -0.39 is 30.4 Å². The van der Waals surface area contributed by atoms with Crippen LogP contribution in [0.1, 0.15) is 17.5 Å². The first kappa shape index (κ1) is 15.5. The third-order valence-electron chi connectivity index (χ3n) is 2.71. The highest BCUT2D eigenvalue weighted by molar-refractivity contribution is 5.87. The van der Waals surface area contributed by atoms with Crippen LogP contribution in [0.25, 0.3) is 0 Å². The molecule has 5 N–H and O–H groups in total. The number of benzene rings is 1. The molecule has 0 heterocycles. The summed E-state index contributed by atoms with van der Waals surface area (Å²) in [6.45, 7) is 2.17. The first-order chi connectivity index (χ1) is 9.40. The molecule has 1 atom stereocenters. The maximum atomic E-state index is 11.6. The largest absolute Gasteiger partial charge is 0.480 e. The lowest BCUT2D eigenvalue weighted by atomic mass is 10.1. The van der Waals surface area contributed by atoms with Crippen LogP contribution in [0.5, 0.6) is 0 Å². The van der Waals surface area contributed by atoms with Gasteiger partial charge in [-0.15, -0.1) is 0 Å². The Kier molecular flexibility index (Phi) is 5.52. The minimum Gasteiger partial charge on any atom is -0.480 e. The smallest absolute Gasteiger partial charge is 0.326 e. The molecule has 0 bridgehead atoms. The van der Waals surface area contributed by atoms with Gasteiger partial charge in [0.1, 0.15) is 6.04 Å². The van der Waals surface area contributed by atoms with Gasteiger partial charge in [0.15, 0.2) is 0 Å². The summed E-state index contributed by atoms with van der Waals surface area (Å²) in [6, 6.07) is 5.49. The summed E-state index contributed by atoms with van der Waals surface area (Å²) in [5.41, 5.74) is 6.85. The van der Waals surface area contributed by atoms with Crippen LogP contribution in [0.2, 0.25) is 0 Å². The molecule has 7 nitrogen and oxygen atoms in total. The zero-order valence-corrected chi connectivity index (χ0v) is 11.1. The Balaban J connectivity index is 2.52. The molecular formula is C13H17N3O4. The number of primary amides is 1. The second-order valence-electron chi connectivity index (χ2n) is 4.31. The van der Waals surface area contributed by atoms with Crippen molar-refractivity contribution >= 4 is 17.9 Å². The van der Waals surface area contributed by atoms with Crippen LogP contribution in [0.4, 0.5) is 4.79 Å². The molecule has 1 aromatic carbocycles. The maximum absolute atomic E-state index is 11.6. The molecular weight excluding hydrogens is 262 g/mol. The van der Waals surface area contributed by atoms with Crippen LogP contribution >= 0.6 is 0 Å². The second kappa shape index (κ2) is 7.13. The van der Waals surface area contributed by atoms with Gasteiger partial charge in [0.25, 0.3) is 0 Å². The van der Waals surface area contributed by atoms with Gasteiger partial charge in [-0.05, 0) is 18.1 Å². The molecule has 0 aliphatic heterocycles. The topological polar surface area (TPSA) is 122 Å². The lowest BCUT2D eigenvalue weighted by Crippen LogP contribution is -2.47. The fourth-order valence-corrected chi connectivity index (χ4v) is 1.59. The first-order valence-electron chi connectivity index (χ1n) is 6.00. The molecule has 7 heteroatoms. The number of urea groups is 1. The van der Waals surface area contributed by atoms with Gasteiger partial charge >= 0.3 is 12.0 Å². The number of carbonyl (C=O) groups is 3. The van der Waals surface area contributed by atoms with Gasteiger partial charge in [0.2, 0.25) is 5.91 Å². The minimum absolute atomic E-state index is 0.265. The standard InChI is InChI=1S/C13H17N3O4/c1-8-4-2-3-5-9(8)7-15-13(20)16-10(12(18)19)6-11(14)17/h2-5,10H,6-7H2,1H3,(H2,14,17)(H,18,19)(H2,15,16,20)/t10-/m0/s1. The number of nitrogens with two attached hydrogens (primary N) is 1. The maximum Gasteiger partial charge on any atom is 0.326 e. The van der Waals surface area contributed by atoms with E-state index in [2.05, 4.69) is 10.6 Å². The number of carbonyl (C=O) groups excluding carboxylic acids is 2. The van der Waals surface area contributed by atoms with E-state index in [0.29, 0.717) is 0 Å². The van der Waals surface area contributed by atoms with E-state index in [9.17, 15) is 14.4 Å². The molecule has 0 spiro atoms. The number of nitrogens with one attached hydrogen (secondary N) is 2. The number of hydrogen-bond acceptors (Lipinski definition) is 3. The molecule has 0 aromatic heterocycles. The van der Waals surface area contributed by atoms with Gasteiger partial charge in [-0.1, -0.05) is 24.3 Å². The van der Waals surface area contributed by atoms with Gasteiger partial charge < -0.3 is 21.5 Å². The van der Waals surface area contributed by atoms with E-state index in [1.54, 1.807) is 0 Å². The zero-order valence-electron chi connectivity index (χ0n) is 11.1. The Morgan fingerprint density at radius 2 is 1.95 bits per heavy atom. The predicted molar refractivity (Wildman–Crippen MR) is 71.8 cm³/mol. The lowest BCUT2D eigenvalue weighted by Gasteiger charge is -2.14. The van der Waals surface area contributed by atoms with Crippen LogP contribution in [0.15, 0.2) is 24.3 Å². The lowest BCUT2D eigenvalue weighted by molar-refractivity contribution is -0.140. The molecule has 0 unspecified atom stereocenters. The Hall–Kier alpha value is -2.57. The average molecular weight is 279 g/mol. The highest BCUT2D eigenvalue weighted by atomic mass is 16.4. The molecule has 3 amide bonds. The van der Waals surface area contributed by atoms with Gasteiger partial charge in [-0.25, -0.2) is 9.59 Å². The van der Waals surface area contributed by atoms with E-state index in [1.807, 2.05) is 31.2 Å². The number of aliphatic carboxylic acids is 1. The fraction of sp³-hybridized carbons (Fsp3) is 0.308. The van der Waals surface area contributed by atoms with Crippen LogP contribution < -0.4 is 16.4 Å². The highest BCUT2D eigenvalue weighted by Crippen LogP contribution is 2.05. The van der Waals surface area contributed by atoms with E-state index in [-0.39, 0.29) is 6.54 Å². The molecule has 108 valence electrons. The highest BCUT2D eigenvalue weighted by Gasteiger charge is 2.21. The summed E-state index contributed by atoms with van der Waals surface area (Å²) < 4.78 is 0. The molecule has 0 aliphatic carbocycles. The van der Waals surface area contributed by atoms with Gasteiger partial charge in [-0.2, -0.15) is 0 Å². The Labute approximate surface area is 116 Å². The van der Waals surface area contributed by atoms with Crippen molar-refractivity contribution in [2.75, 3.05) is 0 Å². The minimum atomic E-state index is -1.33. The van der Waals surface area contributed by atoms with E-state index in [0.717, 1.165) is 11.1 Å². The van der Waals surface area contributed by atoms with Crippen LogP contribution in [0.3, 0.4) is 0 Å². The van der Waals surface area contributed by atoms with E-state index in [1.165, 1.54) is 0 Å². The summed E-state index contributed by atoms with van der Waals surface area (Å²) in [5.74, 6) is -2.11. The number of rotatable bonds is 6. The van der Waals surface area contributed by atoms with Crippen molar-refractivity contribution in [1.29, 1.82) is 0 Å². The van der Waals surface area contributed by atoms with Crippen LogP contribution in [0, 0.1) is 6.92 Å². The fourth-order valence-electron chi connectivity index (χ4n) is 1.59. The number of carboxylic acids is 1. The van der Waals surface area contributed by atoms with Gasteiger partial charge in [-0.3, -0.25) is 4.79 Å². The van der Waals surface area contributed by atoms with Crippen molar-refractivity contribution in [2.24, 2.45) is 5.73 Å². The average Bonchev–Trinajstić information content (AvgIpc) is 2.36. The number of aryl methyl sites for hydroxylation is 1. The number of hydrogen-bond donors (Lipinski definition) is 4. The van der Waals surface area contributed by atoms with E-state index >= 15 is 0 Å². The number of carboxylic acid groups (broad SMARTS) is 1.